The summed E-state index contributed by atoms with van der Waals surface area (Å²) in [7, 11) is 1.69. The summed E-state index contributed by atoms with van der Waals surface area (Å²) in [6, 6.07) is 0. The van der Waals surface area contributed by atoms with Gasteiger partial charge in [-0.3, -0.25) is 4.79 Å². The molecule has 1 saturated carbocycles. The van der Waals surface area contributed by atoms with Crippen LogP contribution < -0.4 is 11.1 Å². The van der Waals surface area contributed by atoms with Crippen LogP contribution in [0.25, 0.3) is 0 Å². The van der Waals surface area contributed by atoms with Crippen LogP contribution in [-0.2, 0) is 4.74 Å². The molecule has 6 heteroatoms. The van der Waals surface area contributed by atoms with E-state index in [0.29, 0.717) is 17.4 Å². The first kappa shape index (κ1) is 11.3. The topological polar surface area (TPSA) is 77.2 Å². The van der Waals surface area contributed by atoms with Gasteiger partial charge in [0.05, 0.1) is 5.60 Å². The summed E-state index contributed by atoms with van der Waals surface area (Å²) in [6.07, 6.45) is 3.17. The van der Waals surface area contributed by atoms with Crippen LogP contribution in [0.1, 0.15) is 29.8 Å². The van der Waals surface area contributed by atoms with Crippen LogP contribution in [0.2, 0.25) is 0 Å². The SMILES string of the molecule is COC1(CNC(=O)c2csc(N)n2)CCC1. The summed E-state index contributed by atoms with van der Waals surface area (Å²) < 4.78 is 5.41. The van der Waals surface area contributed by atoms with E-state index in [4.69, 9.17) is 10.5 Å². The van der Waals surface area contributed by atoms with Crippen LogP contribution in [0.15, 0.2) is 5.38 Å². The van der Waals surface area contributed by atoms with Crippen molar-refractivity contribution in [3.8, 4) is 0 Å². The quantitative estimate of drug-likeness (QED) is 0.825. The molecule has 0 atom stereocenters. The number of nitrogens with two attached hydrogens (primary N) is 1. The Morgan fingerprint density at radius 3 is 2.94 bits per heavy atom. The molecule has 1 amide bonds. The number of anilines is 1. The summed E-state index contributed by atoms with van der Waals surface area (Å²) in [5.74, 6) is -0.184. The van der Waals surface area contributed by atoms with Gasteiger partial charge in [-0.05, 0) is 19.3 Å². The number of amides is 1. The molecule has 1 fully saturated rings. The number of carbonyl (C=O) groups is 1. The number of ether oxygens (including phenoxy) is 1. The third-order valence-corrected chi connectivity index (χ3v) is 3.70. The Kier molecular flexibility index (Phi) is 3.11. The number of methoxy groups -OCH3 is 1. The van der Waals surface area contributed by atoms with Gasteiger partial charge in [0.25, 0.3) is 5.91 Å². The van der Waals surface area contributed by atoms with E-state index in [1.54, 1.807) is 12.5 Å². The molecule has 5 nitrogen and oxygen atoms in total. The minimum absolute atomic E-state index is 0.156. The summed E-state index contributed by atoms with van der Waals surface area (Å²) >= 11 is 1.27. The molecule has 0 bridgehead atoms. The van der Waals surface area contributed by atoms with E-state index in [1.807, 2.05) is 0 Å². The monoisotopic (exact) mass is 241 g/mol. The zero-order valence-electron chi connectivity index (χ0n) is 9.16. The lowest BCUT2D eigenvalue weighted by Gasteiger charge is -2.40. The molecule has 0 aromatic carbocycles. The van der Waals surface area contributed by atoms with E-state index in [0.717, 1.165) is 19.3 Å². The highest BCUT2D eigenvalue weighted by Gasteiger charge is 2.37. The van der Waals surface area contributed by atoms with Gasteiger partial charge in [-0.1, -0.05) is 0 Å². The second kappa shape index (κ2) is 4.39. The Balaban J connectivity index is 1.88. The Bertz CT molecular complexity index is 382. The Morgan fingerprint density at radius 1 is 1.75 bits per heavy atom. The predicted octanol–water partition coefficient (Wildman–Crippen LogP) is 1.02. The van der Waals surface area contributed by atoms with E-state index < -0.39 is 0 Å². The van der Waals surface area contributed by atoms with Crippen molar-refractivity contribution in [1.82, 2.24) is 10.3 Å². The van der Waals surface area contributed by atoms with Gasteiger partial charge in [0.1, 0.15) is 5.69 Å². The van der Waals surface area contributed by atoms with E-state index in [9.17, 15) is 4.79 Å². The maximum absolute atomic E-state index is 11.7. The fourth-order valence-electron chi connectivity index (χ4n) is 1.75. The summed E-state index contributed by atoms with van der Waals surface area (Å²) in [4.78, 5) is 15.6. The molecule has 16 heavy (non-hydrogen) atoms. The van der Waals surface area contributed by atoms with Crippen LogP contribution in [0, 0.1) is 0 Å². The first-order valence-corrected chi connectivity index (χ1v) is 6.07. The number of nitrogen functional groups attached to an aromatic ring is 1. The third-order valence-electron chi connectivity index (χ3n) is 3.02. The van der Waals surface area contributed by atoms with E-state index >= 15 is 0 Å². The van der Waals surface area contributed by atoms with Crippen LogP contribution in [0.3, 0.4) is 0 Å². The van der Waals surface area contributed by atoms with Crippen LogP contribution in [0.4, 0.5) is 5.13 Å². The molecular formula is C10H15N3O2S. The largest absolute Gasteiger partial charge is 0.376 e. The third kappa shape index (κ3) is 2.17. The van der Waals surface area contributed by atoms with Crippen molar-refractivity contribution < 1.29 is 9.53 Å². The van der Waals surface area contributed by atoms with Gasteiger partial charge in [0.2, 0.25) is 0 Å². The molecule has 0 unspecified atom stereocenters. The lowest BCUT2D eigenvalue weighted by Crippen LogP contribution is -2.49. The first-order chi connectivity index (χ1) is 7.65. The second-order valence-corrected chi connectivity index (χ2v) is 4.88. The van der Waals surface area contributed by atoms with Crippen molar-refractivity contribution in [2.24, 2.45) is 0 Å². The molecular weight excluding hydrogens is 226 g/mol. The number of thiazole rings is 1. The molecule has 3 N–H and O–H groups in total. The Morgan fingerprint density at radius 2 is 2.50 bits per heavy atom. The molecule has 0 aliphatic heterocycles. The van der Waals surface area contributed by atoms with Crippen molar-refractivity contribution in [1.29, 1.82) is 0 Å². The molecule has 1 aliphatic carbocycles. The van der Waals surface area contributed by atoms with Gasteiger partial charge in [-0.25, -0.2) is 4.98 Å². The maximum atomic E-state index is 11.7. The summed E-state index contributed by atoms with van der Waals surface area (Å²) in [5.41, 5.74) is 5.69. The average molecular weight is 241 g/mol. The molecule has 2 rings (SSSR count). The lowest BCUT2D eigenvalue weighted by molar-refractivity contribution is -0.0679. The first-order valence-electron chi connectivity index (χ1n) is 5.20. The van der Waals surface area contributed by atoms with Crippen molar-refractivity contribution in [2.45, 2.75) is 24.9 Å². The number of rotatable bonds is 4. The maximum Gasteiger partial charge on any atom is 0.270 e. The Labute approximate surface area is 98.0 Å². The van der Waals surface area contributed by atoms with Crippen molar-refractivity contribution in [2.75, 3.05) is 19.4 Å². The van der Waals surface area contributed by atoms with Crippen molar-refractivity contribution >= 4 is 22.4 Å². The predicted molar refractivity (Wildman–Crippen MR) is 62.5 cm³/mol. The number of carbonyl (C=O) groups excluding carboxylic acids is 1. The molecule has 1 heterocycles. The zero-order valence-corrected chi connectivity index (χ0v) is 9.97. The number of aromatic nitrogens is 1. The molecule has 0 saturated heterocycles. The summed E-state index contributed by atoms with van der Waals surface area (Å²) in [5, 5.41) is 4.90. The van der Waals surface area contributed by atoms with Gasteiger partial charge in [0.15, 0.2) is 5.13 Å². The smallest absolute Gasteiger partial charge is 0.270 e. The van der Waals surface area contributed by atoms with Crippen LogP contribution in [-0.4, -0.2) is 30.1 Å². The number of hydrogen-bond donors (Lipinski definition) is 2. The van der Waals surface area contributed by atoms with Gasteiger partial charge in [-0.15, -0.1) is 11.3 Å². The van der Waals surface area contributed by atoms with Crippen molar-refractivity contribution in [3.63, 3.8) is 0 Å². The van der Waals surface area contributed by atoms with Crippen LogP contribution >= 0.6 is 11.3 Å². The fraction of sp³-hybridized carbons (Fsp3) is 0.600. The van der Waals surface area contributed by atoms with E-state index in [1.165, 1.54) is 11.3 Å². The number of nitrogens with one attached hydrogen (secondary N) is 1. The normalized spacial score (nSPS) is 17.8. The van der Waals surface area contributed by atoms with Gasteiger partial charge < -0.3 is 15.8 Å². The fourth-order valence-corrected chi connectivity index (χ4v) is 2.29. The van der Waals surface area contributed by atoms with Gasteiger partial charge in [-0.2, -0.15) is 0 Å². The molecule has 1 aromatic heterocycles. The second-order valence-electron chi connectivity index (χ2n) is 3.99. The Hall–Kier alpha value is -1.14. The van der Waals surface area contributed by atoms with Gasteiger partial charge >= 0.3 is 0 Å². The molecule has 0 radical (unpaired) electrons. The minimum atomic E-state index is -0.184. The standard InChI is InChI=1S/C10H15N3O2S/c1-15-10(3-2-4-10)6-12-8(14)7-5-16-9(11)13-7/h5H,2-4,6H2,1H3,(H2,11,13)(H,12,14). The van der Waals surface area contributed by atoms with Gasteiger partial charge in [0, 0.05) is 19.0 Å². The molecule has 88 valence electrons. The number of hydrogen-bond acceptors (Lipinski definition) is 5. The van der Waals surface area contributed by atoms with Crippen LogP contribution in [0.5, 0.6) is 0 Å². The highest BCUT2D eigenvalue weighted by molar-refractivity contribution is 7.13. The van der Waals surface area contributed by atoms with E-state index in [2.05, 4.69) is 10.3 Å². The number of nitrogens with zero attached hydrogens (tertiary/aromatic N) is 1. The average Bonchev–Trinajstić information content (AvgIpc) is 2.64. The highest BCUT2D eigenvalue weighted by Crippen LogP contribution is 2.34. The zero-order chi connectivity index (χ0) is 11.6. The lowest BCUT2D eigenvalue weighted by atomic mass is 9.80. The van der Waals surface area contributed by atoms with Crippen molar-refractivity contribution in [3.05, 3.63) is 11.1 Å². The minimum Gasteiger partial charge on any atom is -0.376 e. The molecule has 0 spiro atoms. The van der Waals surface area contributed by atoms with E-state index in [-0.39, 0.29) is 11.5 Å². The molecule has 1 aliphatic rings. The molecule has 1 aromatic rings. The summed E-state index contributed by atoms with van der Waals surface area (Å²) in [6.45, 7) is 0.541. The highest BCUT2D eigenvalue weighted by atomic mass is 32.1.